The lowest BCUT2D eigenvalue weighted by Crippen LogP contribution is -2.16. The molecule has 0 fully saturated rings. The number of carbonyl (C=O) groups excluding carboxylic acids is 1. The zero-order valence-corrected chi connectivity index (χ0v) is 15.4. The molecule has 0 unspecified atom stereocenters. The van der Waals surface area contributed by atoms with Crippen molar-refractivity contribution in [2.45, 2.75) is 6.54 Å². The normalized spacial score (nSPS) is 12.0. The molecule has 5 heteroatoms. The third-order valence-electron chi connectivity index (χ3n) is 4.19. The molecule has 4 rings (SSSR count). The maximum absolute atomic E-state index is 12.6. The van der Waals surface area contributed by atoms with Crippen LogP contribution in [0.4, 0.5) is 0 Å². The Balaban J connectivity index is 1.98. The summed E-state index contributed by atoms with van der Waals surface area (Å²) in [6.07, 6.45) is 1.81. The van der Waals surface area contributed by atoms with E-state index in [1.54, 1.807) is 30.3 Å². The van der Waals surface area contributed by atoms with Gasteiger partial charge in [0.25, 0.3) is 5.91 Å². The molecule has 0 saturated carbocycles. The molecule has 0 aliphatic rings. The van der Waals surface area contributed by atoms with Crippen LogP contribution in [0, 0.1) is 0 Å². The van der Waals surface area contributed by atoms with Crippen molar-refractivity contribution in [3.63, 3.8) is 0 Å². The molecule has 0 saturated heterocycles. The van der Waals surface area contributed by atoms with Crippen LogP contribution in [0.1, 0.15) is 10.4 Å². The van der Waals surface area contributed by atoms with Crippen molar-refractivity contribution >= 4 is 49.8 Å². The summed E-state index contributed by atoms with van der Waals surface area (Å²) in [5.74, 6) is -0.343. The molecule has 1 aromatic heterocycles. The average molecular weight is 379 g/mol. The molecule has 4 aromatic rings. The summed E-state index contributed by atoms with van der Waals surface area (Å²) in [6.45, 7) is 4.41. The van der Waals surface area contributed by atoms with Crippen LogP contribution in [0.2, 0.25) is 5.02 Å². The molecular formula is C21H15ClN2OS. The largest absolute Gasteiger partial charge is 0.312 e. The molecule has 0 radical (unpaired) electrons. The first-order chi connectivity index (χ1) is 12.7. The summed E-state index contributed by atoms with van der Waals surface area (Å²) in [5, 5.41) is 2.72. The predicted molar refractivity (Wildman–Crippen MR) is 109 cm³/mol. The quantitative estimate of drug-likeness (QED) is 0.437. The lowest BCUT2D eigenvalue weighted by molar-refractivity contribution is 0.0998. The van der Waals surface area contributed by atoms with E-state index in [0.29, 0.717) is 21.9 Å². The summed E-state index contributed by atoms with van der Waals surface area (Å²) < 4.78 is 3.12. The van der Waals surface area contributed by atoms with Crippen molar-refractivity contribution in [3.8, 4) is 0 Å². The van der Waals surface area contributed by atoms with Crippen LogP contribution >= 0.6 is 22.9 Å². The summed E-state index contributed by atoms with van der Waals surface area (Å²) in [4.78, 5) is 17.7. The Morgan fingerprint density at radius 1 is 1.12 bits per heavy atom. The van der Waals surface area contributed by atoms with Gasteiger partial charge in [-0.2, -0.15) is 4.99 Å². The van der Waals surface area contributed by atoms with Gasteiger partial charge >= 0.3 is 0 Å². The average Bonchev–Trinajstić information content (AvgIpc) is 3.00. The van der Waals surface area contributed by atoms with E-state index in [9.17, 15) is 4.79 Å². The Hall–Kier alpha value is -2.69. The zero-order chi connectivity index (χ0) is 18.1. The van der Waals surface area contributed by atoms with Crippen LogP contribution in [-0.2, 0) is 6.54 Å². The van der Waals surface area contributed by atoms with Crippen LogP contribution in [0.3, 0.4) is 0 Å². The van der Waals surface area contributed by atoms with Gasteiger partial charge in [-0.1, -0.05) is 71.5 Å². The molecule has 0 bridgehead atoms. The number of halogens is 1. The highest BCUT2D eigenvalue weighted by atomic mass is 35.5. The van der Waals surface area contributed by atoms with Gasteiger partial charge in [0.1, 0.15) is 0 Å². The van der Waals surface area contributed by atoms with Crippen molar-refractivity contribution in [2.24, 2.45) is 4.99 Å². The Morgan fingerprint density at radius 3 is 2.69 bits per heavy atom. The van der Waals surface area contributed by atoms with Gasteiger partial charge in [-0.15, -0.1) is 6.58 Å². The van der Waals surface area contributed by atoms with Gasteiger partial charge in [0.2, 0.25) is 0 Å². The van der Waals surface area contributed by atoms with Crippen LogP contribution in [-0.4, -0.2) is 10.5 Å². The Kier molecular flexibility index (Phi) is 4.45. The number of hydrogen-bond donors (Lipinski definition) is 0. The first-order valence-corrected chi connectivity index (χ1v) is 9.34. The molecule has 0 aliphatic heterocycles. The molecule has 0 atom stereocenters. The van der Waals surface area contributed by atoms with Gasteiger partial charge in [-0.3, -0.25) is 4.79 Å². The number of amides is 1. The highest BCUT2D eigenvalue weighted by molar-refractivity contribution is 7.17. The van der Waals surface area contributed by atoms with Crippen molar-refractivity contribution in [2.75, 3.05) is 0 Å². The molecule has 1 heterocycles. The number of allylic oxidation sites excluding steroid dienone is 1. The fourth-order valence-electron chi connectivity index (χ4n) is 2.97. The summed E-state index contributed by atoms with van der Waals surface area (Å²) in [6, 6.07) is 19.3. The zero-order valence-electron chi connectivity index (χ0n) is 13.9. The predicted octanol–water partition coefficient (Wildman–Crippen LogP) is 5.44. The molecule has 128 valence electrons. The van der Waals surface area contributed by atoms with Crippen molar-refractivity contribution in [1.82, 2.24) is 4.57 Å². The third-order valence-corrected chi connectivity index (χ3v) is 5.64. The number of fused-ring (bicyclic) bond motifs is 3. The summed E-state index contributed by atoms with van der Waals surface area (Å²) in [5.41, 5.74) is 1.45. The second-order valence-electron chi connectivity index (χ2n) is 5.82. The number of nitrogens with zero attached hydrogens (tertiary/aromatic N) is 2. The van der Waals surface area contributed by atoms with Crippen LogP contribution < -0.4 is 4.80 Å². The van der Waals surface area contributed by atoms with Gasteiger partial charge in [0, 0.05) is 11.9 Å². The second-order valence-corrected chi connectivity index (χ2v) is 7.20. The van der Waals surface area contributed by atoms with E-state index in [-0.39, 0.29) is 5.91 Å². The van der Waals surface area contributed by atoms with Gasteiger partial charge < -0.3 is 4.57 Å². The molecule has 1 amide bonds. The minimum Gasteiger partial charge on any atom is -0.312 e. The molecule has 3 aromatic carbocycles. The summed E-state index contributed by atoms with van der Waals surface area (Å²) in [7, 11) is 0. The van der Waals surface area contributed by atoms with Crippen molar-refractivity contribution in [3.05, 3.63) is 88.7 Å². The first kappa shape index (κ1) is 16.8. The number of rotatable bonds is 3. The van der Waals surface area contributed by atoms with Crippen LogP contribution in [0.25, 0.3) is 21.0 Å². The molecule has 0 spiro atoms. The van der Waals surface area contributed by atoms with E-state index in [1.165, 1.54) is 11.3 Å². The molecule has 0 aliphatic carbocycles. The van der Waals surface area contributed by atoms with Crippen LogP contribution in [0.15, 0.2) is 78.3 Å². The minimum atomic E-state index is -0.343. The second kappa shape index (κ2) is 6.90. The van der Waals surface area contributed by atoms with E-state index >= 15 is 0 Å². The SMILES string of the molecule is C=CCn1c(=NC(=O)c2ccccc2Cl)sc2c3ccccc3ccc21. The fraction of sp³-hybridized carbons (Fsp3) is 0.0476. The fourth-order valence-corrected chi connectivity index (χ4v) is 4.36. The number of benzene rings is 3. The van der Waals surface area contributed by atoms with Crippen molar-refractivity contribution in [1.29, 1.82) is 0 Å². The van der Waals surface area contributed by atoms with E-state index in [4.69, 9.17) is 11.6 Å². The van der Waals surface area contributed by atoms with Gasteiger partial charge in [0.15, 0.2) is 4.80 Å². The van der Waals surface area contributed by atoms with E-state index < -0.39 is 0 Å². The molecular weight excluding hydrogens is 364 g/mol. The Labute approximate surface area is 159 Å². The molecule has 3 nitrogen and oxygen atoms in total. The van der Waals surface area contributed by atoms with Crippen LogP contribution in [0.5, 0.6) is 0 Å². The maximum atomic E-state index is 12.6. The van der Waals surface area contributed by atoms with E-state index in [0.717, 1.165) is 21.0 Å². The van der Waals surface area contributed by atoms with Gasteiger partial charge in [-0.25, -0.2) is 0 Å². The third kappa shape index (κ3) is 2.87. The Bertz CT molecular complexity index is 1220. The first-order valence-electron chi connectivity index (χ1n) is 8.14. The standard InChI is InChI=1S/C21H15ClN2OS/c1-2-13-24-18-12-11-14-7-3-4-8-15(14)19(18)26-21(24)23-20(25)16-9-5-6-10-17(16)22/h2-12H,1,13H2. The number of thiazole rings is 1. The Morgan fingerprint density at radius 2 is 1.88 bits per heavy atom. The molecule has 0 N–H and O–H groups in total. The lowest BCUT2D eigenvalue weighted by atomic mass is 10.1. The van der Waals surface area contributed by atoms with Crippen molar-refractivity contribution < 1.29 is 4.79 Å². The summed E-state index contributed by atoms with van der Waals surface area (Å²) >= 11 is 7.65. The van der Waals surface area contributed by atoms with Gasteiger partial charge in [0.05, 0.1) is 20.8 Å². The highest BCUT2D eigenvalue weighted by Crippen LogP contribution is 2.27. The smallest absolute Gasteiger partial charge is 0.281 e. The number of hydrogen-bond acceptors (Lipinski definition) is 2. The maximum Gasteiger partial charge on any atom is 0.281 e. The number of carbonyl (C=O) groups is 1. The molecule has 26 heavy (non-hydrogen) atoms. The van der Waals surface area contributed by atoms with E-state index in [1.807, 2.05) is 16.7 Å². The van der Waals surface area contributed by atoms with E-state index in [2.05, 4.69) is 35.8 Å². The topological polar surface area (TPSA) is 34.4 Å². The minimum absolute atomic E-state index is 0.343. The highest BCUT2D eigenvalue weighted by Gasteiger charge is 2.12. The lowest BCUT2D eigenvalue weighted by Gasteiger charge is -2.03. The number of aromatic nitrogens is 1. The van der Waals surface area contributed by atoms with Gasteiger partial charge in [-0.05, 0) is 23.6 Å². The monoisotopic (exact) mass is 378 g/mol.